The highest BCUT2D eigenvalue weighted by molar-refractivity contribution is 7.99. The molecule has 0 radical (unpaired) electrons. The van der Waals surface area contributed by atoms with Crippen LogP contribution in [0.1, 0.15) is 5.82 Å². The standard InChI is InChI=1S/C19H16Cl3N5O2S/c1-27-16(9-17(28)23-11-5-3-2-4-6-11)25-26-19(27)30-10-18(29)24-15-8-13(21)12(20)7-14(15)22/h2-8H,9-10H2,1H3,(H,23,28)(H,24,29). The number of carbonyl (C=O) groups excluding carboxylic acids is 2. The molecule has 0 saturated carbocycles. The smallest absolute Gasteiger partial charge is 0.234 e. The maximum Gasteiger partial charge on any atom is 0.234 e. The molecule has 3 aromatic rings. The summed E-state index contributed by atoms with van der Waals surface area (Å²) in [5, 5.41) is 14.9. The zero-order chi connectivity index (χ0) is 21.7. The van der Waals surface area contributed by atoms with Crippen LogP contribution >= 0.6 is 46.6 Å². The van der Waals surface area contributed by atoms with Crippen LogP contribution in [-0.4, -0.2) is 32.3 Å². The third-order valence-corrected chi connectivity index (χ3v) is 5.97. The molecule has 0 aliphatic carbocycles. The van der Waals surface area contributed by atoms with Crippen LogP contribution in [0, 0.1) is 0 Å². The van der Waals surface area contributed by atoms with Crippen molar-refractivity contribution in [2.75, 3.05) is 16.4 Å². The Morgan fingerprint density at radius 2 is 1.67 bits per heavy atom. The van der Waals surface area contributed by atoms with Gasteiger partial charge in [-0.1, -0.05) is 64.8 Å². The minimum Gasteiger partial charge on any atom is -0.326 e. The zero-order valence-corrected chi connectivity index (χ0v) is 18.7. The molecule has 0 unspecified atom stereocenters. The van der Waals surface area contributed by atoms with Gasteiger partial charge in [0.2, 0.25) is 11.8 Å². The van der Waals surface area contributed by atoms with E-state index in [0.29, 0.717) is 27.4 Å². The normalized spacial score (nSPS) is 10.7. The van der Waals surface area contributed by atoms with E-state index in [-0.39, 0.29) is 34.0 Å². The number of amides is 2. The zero-order valence-electron chi connectivity index (χ0n) is 15.7. The van der Waals surface area contributed by atoms with Crippen molar-refractivity contribution in [3.63, 3.8) is 0 Å². The molecule has 0 aliphatic heterocycles. The Labute approximate surface area is 192 Å². The third-order valence-electron chi connectivity index (χ3n) is 3.92. The number of carbonyl (C=O) groups is 2. The molecular formula is C19H16Cl3N5O2S. The molecule has 30 heavy (non-hydrogen) atoms. The predicted molar refractivity (Wildman–Crippen MR) is 121 cm³/mol. The van der Waals surface area contributed by atoms with Gasteiger partial charge in [0, 0.05) is 12.7 Å². The number of para-hydroxylation sites is 1. The number of rotatable bonds is 7. The number of hydrogen-bond acceptors (Lipinski definition) is 5. The van der Waals surface area contributed by atoms with E-state index < -0.39 is 0 Å². The minimum atomic E-state index is -0.299. The lowest BCUT2D eigenvalue weighted by molar-refractivity contribution is -0.116. The summed E-state index contributed by atoms with van der Waals surface area (Å²) in [6.07, 6.45) is 0.0596. The van der Waals surface area contributed by atoms with Crippen molar-refractivity contribution in [2.24, 2.45) is 7.05 Å². The maximum absolute atomic E-state index is 12.2. The molecule has 1 heterocycles. The number of thioether (sulfide) groups is 1. The molecule has 156 valence electrons. The van der Waals surface area contributed by atoms with Crippen molar-refractivity contribution in [3.05, 3.63) is 63.4 Å². The Kier molecular flexibility index (Phi) is 7.60. The van der Waals surface area contributed by atoms with E-state index in [9.17, 15) is 9.59 Å². The molecule has 0 fully saturated rings. The second-order valence-electron chi connectivity index (χ2n) is 6.13. The summed E-state index contributed by atoms with van der Waals surface area (Å²) < 4.78 is 1.68. The number of halogens is 3. The lowest BCUT2D eigenvalue weighted by atomic mass is 10.3. The van der Waals surface area contributed by atoms with Crippen molar-refractivity contribution in [3.8, 4) is 0 Å². The molecule has 0 spiro atoms. The number of benzene rings is 2. The van der Waals surface area contributed by atoms with Crippen molar-refractivity contribution in [2.45, 2.75) is 11.6 Å². The first-order valence-electron chi connectivity index (χ1n) is 8.64. The largest absolute Gasteiger partial charge is 0.326 e. The molecule has 3 rings (SSSR count). The summed E-state index contributed by atoms with van der Waals surface area (Å²) in [7, 11) is 1.74. The van der Waals surface area contributed by atoms with E-state index in [1.165, 1.54) is 23.9 Å². The molecule has 2 amide bonds. The number of anilines is 2. The third kappa shape index (κ3) is 5.89. The number of aromatic nitrogens is 3. The van der Waals surface area contributed by atoms with Gasteiger partial charge >= 0.3 is 0 Å². The topological polar surface area (TPSA) is 88.9 Å². The summed E-state index contributed by atoms with van der Waals surface area (Å²) >= 11 is 19.1. The Bertz CT molecular complexity index is 1080. The Hall–Kier alpha value is -2.26. The lowest BCUT2D eigenvalue weighted by Crippen LogP contribution is -2.17. The molecule has 2 N–H and O–H groups in total. The van der Waals surface area contributed by atoms with Crippen LogP contribution in [0.15, 0.2) is 47.6 Å². The van der Waals surface area contributed by atoms with Gasteiger partial charge in [-0.2, -0.15) is 0 Å². The van der Waals surface area contributed by atoms with Gasteiger partial charge in [0.1, 0.15) is 5.82 Å². The number of nitrogens with zero attached hydrogens (tertiary/aromatic N) is 3. The molecule has 11 heteroatoms. The molecule has 0 bridgehead atoms. The van der Waals surface area contributed by atoms with E-state index in [2.05, 4.69) is 20.8 Å². The van der Waals surface area contributed by atoms with Gasteiger partial charge in [0.05, 0.1) is 32.9 Å². The van der Waals surface area contributed by atoms with Gasteiger partial charge in [0.25, 0.3) is 0 Å². The van der Waals surface area contributed by atoms with Crippen LogP contribution in [0.5, 0.6) is 0 Å². The van der Waals surface area contributed by atoms with Crippen molar-refractivity contribution in [1.29, 1.82) is 0 Å². The maximum atomic E-state index is 12.2. The average Bonchev–Trinajstić information content (AvgIpc) is 3.04. The van der Waals surface area contributed by atoms with Crippen LogP contribution < -0.4 is 10.6 Å². The van der Waals surface area contributed by atoms with E-state index in [4.69, 9.17) is 34.8 Å². The highest BCUT2D eigenvalue weighted by atomic mass is 35.5. The quantitative estimate of drug-likeness (QED) is 0.375. The second-order valence-corrected chi connectivity index (χ2v) is 8.30. The lowest BCUT2D eigenvalue weighted by Gasteiger charge is -2.09. The van der Waals surface area contributed by atoms with E-state index in [1.54, 1.807) is 23.7 Å². The van der Waals surface area contributed by atoms with Crippen LogP contribution in [-0.2, 0) is 23.1 Å². The first-order chi connectivity index (χ1) is 14.3. The number of nitrogens with one attached hydrogen (secondary N) is 2. The van der Waals surface area contributed by atoms with Gasteiger partial charge in [-0.05, 0) is 24.3 Å². The monoisotopic (exact) mass is 483 g/mol. The van der Waals surface area contributed by atoms with E-state index >= 15 is 0 Å². The van der Waals surface area contributed by atoms with Crippen LogP contribution in [0.25, 0.3) is 0 Å². The SMILES string of the molecule is Cn1c(CC(=O)Nc2ccccc2)nnc1SCC(=O)Nc1cc(Cl)c(Cl)cc1Cl. The fourth-order valence-corrected chi connectivity index (χ4v) is 3.75. The summed E-state index contributed by atoms with van der Waals surface area (Å²) in [6.45, 7) is 0. The summed E-state index contributed by atoms with van der Waals surface area (Å²) in [4.78, 5) is 24.4. The molecular weight excluding hydrogens is 469 g/mol. The van der Waals surface area contributed by atoms with E-state index in [0.717, 1.165) is 0 Å². The van der Waals surface area contributed by atoms with Gasteiger partial charge in [-0.3, -0.25) is 9.59 Å². The first kappa shape index (κ1) is 22.4. The minimum absolute atomic E-state index is 0.0596. The number of hydrogen-bond donors (Lipinski definition) is 2. The molecule has 1 aromatic heterocycles. The second kappa shape index (κ2) is 10.2. The fourth-order valence-electron chi connectivity index (χ4n) is 2.43. The Morgan fingerprint density at radius 1 is 0.967 bits per heavy atom. The summed E-state index contributed by atoms with van der Waals surface area (Å²) in [5.74, 6) is 0.0458. The van der Waals surface area contributed by atoms with Crippen LogP contribution in [0.4, 0.5) is 11.4 Å². The predicted octanol–water partition coefficient (Wildman–Crippen LogP) is 4.69. The van der Waals surface area contributed by atoms with Crippen LogP contribution in [0.3, 0.4) is 0 Å². The van der Waals surface area contributed by atoms with Crippen molar-refractivity contribution in [1.82, 2.24) is 14.8 Å². The summed E-state index contributed by atoms with van der Waals surface area (Å²) in [5.41, 5.74) is 1.07. The summed E-state index contributed by atoms with van der Waals surface area (Å²) in [6, 6.07) is 12.1. The molecule has 0 atom stereocenters. The van der Waals surface area contributed by atoms with Gasteiger partial charge < -0.3 is 15.2 Å². The van der Waals surface area contributed by atoms with Crippen LogP contribution in [0.2, 0.25) is 15.1 Å². The Morgan fingerprint density at radius 3 is 2.40 bits per heavy atom. The van der Waals surface area contributed by atoms with Gasteiger partial charge in [-0.15, -0.1) is 10.2 Å². The Balaban J connectivity index is 1.55. The molecule has 7 nitrogen and oxygen atoms in total. The average molecular weight is 485 g/mol. The van der Waals surface area contributed by atoms with E-state index in [1.807, 2.05) is 18.2 Å². The van der Waals surface area contributed by atoms with Gasteiger partial charge in [0.15, 0.2) is 5.16 Å². The molecule has 0 aliphatic rings. The molecule has 2 aromatic carbocycles. The van der Waals surface area contributed by atoms with Gasteiger partial charge in [-0.25, -0.2) is 0 Å². The highest BCUT2D eigenvalue weighted by Gasteiger charge is 2.15. The first-order valence-corrected chi connectivity index (χ1v) is 10.8. The van der Waals surface area contributed by atoms with Crippen molar-refractivity contribution < 1.29 is 9.59 Å². The highest BCUT2D eigenvalue weighted by Crippen LogP contribution is 2.32. The fraction of sp³-hybridized carbons (Fsp3) is 0.158. The van der Waals surface area contributed by atoms with Crippen molar-refractivity contribution >= 4 is 69.8 Å². The molecule has 0 saturated heterocycles.